The molecule has 3 rings (SSSR count). The van der Waals surface area contributed by atoms with Crippen LogP contribution in [-0.4, -0.2) is 85.2 Å². The number of hydrogen-bond donors (Lipinski definition) is 9. The molecule has 0 saturated carbocycles. The summed E-state index contributed by atoms with van der Waals surface area (Å²) in [5.74, 6) is -6.68. The highest BCUT2D eigenvalue weighted by molar-refractivity contribution is 5.95. The Morgan fingerprint density at radius 3 is 1.80 bits per heavy atom. The number of nitrogens with two attached hydrogens (primary N) is 1. The van der Waals surface area contributed by atoms with E-state index in [1.165, 1.54) is 12.1 Å². The summed E-state index contributed by atoms with van der Waals surface area (Å²) in [5, 5.41) is 45.4. The van der Waals surface area contributed by atoms with Gasteiger partial charge < -0.3 is 47.1 Å². The summed E-state index contributed by atoms with van der Waals surface area (Å²) in [6.45, 7) is 0. The number of phenols is 1. The lowest BCUT2D eigenvalue weighted by Crippen LogP contribution is -2.57. The van der Waals surface area contributed by atoms with Crippen LogP contribution in [0.15, 0.2) is 54.7 Å². The molecule has 0 aliphatic heterocycles. The first-order valence-electron chi connectivity index (χ1n) is 14.0. The number of nitrogens with one attached hydrogen (secondary N) is 4. The number of hydrogen-bond acceptors (Lipinski definition) is 8. The van der Waals surface area contributed by atoms with Crippen molar-refractivity contribution in [3.63, 3.8) is 0 Å². The van der Waals surface area contributed by atoms with Crippen LogP contribution in [0.4, 0.5) is 0 Å². The number of carboxylic acids is 3. The Balaban J connectivity index is 1.74. The average Bonchev–Trinajstić information content (AvgIpc) is 3.40. The molecule has 15 nitrogen and oxygen atoms in total. The number of carbonyl (C=O) groups is 6. The number of amides is 3. The molecule has 4 unspecified atom stereocenters. The van der Waals surface area contributed by atoms with Crippen molar-refractivity contribution in [1.29, 1.82) is 0 Å². The van der Waals surface area contributed by atoms with Crippen molar-refractivity contribution in [3.8, 4) is 5.75 Å². The normalized spacial score (nSPS) is 13.6. The lowest BCUT2D eigenvalue weighted by molar-refractivity contribution is -0.143. The molecule has 10 N–H and O–H groups in total. The summed E-state index contributed by atoms with van der Waals surface area (Å²) in [6.07, 6.45) is -0.405. The fourth-order valence-electron chi connectivity index (χ4n) is 4.60. The molecule has 3 amide bonds. The van der Waals surface area contributed by atoms with Crippen LogP contribution < -0.4 is 21.7 Å². The first kappa shape index (κ1) is 34.1. The van der Waals surface area contributed by atoms with Gasteiger partial charge in [0.05, 0.1) is 6.04 Å². The van der Waals surface area contributed by atoms with E-state index in [4.69, 9.17) is 10.8 Å². The maximum Gasteiger partial charge on any atom is 0.326 e. The number of benzene rings is 2. The molecule has 0 spiro atoms. The van der Waals surface area contributed by atoms with Gasteiger partial charge in [0.1, 0.15) is 23.9 Å². The third kappa shape index (κ3) is 10.4. The van der Waals surface area contributed by atoms with E-state index in [9.17, 15) is 44.1 Å². The molecule has 3 aromatic rings. The minimum Gasteiger partial charge on any atom is -0.508 e. The van der Waals surface area contributed by atoms with Gasteiger partial charge in [0.25, 0.3) is 0 Å². The summed E-state index contributed by atoms with van der Waals surface area (Å²) in [7, 11) is 0. The van der Waals surface area contributed by atoms with Crippen molar-refractivity contribution >= 4 is 46.5 Å². The molecular formula is C30H35N5O10. The lowest BCUT2D eigenvalue weighted by atomic mass is 10.0. The molecular weight excluding hydrogens is 590 g/mol. The van der Waals surface area contributed by atoms with Crippen LogP contribution in [0, 0.1) is 0 Å². The van der Waals surface area contributed by atoms with Crippen LogP contribution in [-0.2, 0) is 41.6 Å². The zero-order valence-electron chi connectivity index (χ0n) is 24.1. The zero-order valence-corrected chi connectivity index (χ0v) is 24.1. The number of rotatable bonds is 17. The molecule has 15 heteroatoms. The molecule has 1 aromatic heterocycles. The largest absolute Gasteiger partial charge is 0.508 e. The van der Waals surface area contributed by atoms with Crippen molar-refractivity contribution in [2.75, 3.05) is 0 Å². The molecule has 240 valence electrons. The number of aliphatic carboxylic acids is 3. The van der Waals surface area contributed by atoms with Crippen LogP contribution in [0.1, 0.15) is 36.8 Å². The molecule has 0 bridgehead atoms. The third-order valence-corrected chi connectivity index (χ3v) is 7.00. The third-order valence-electron chi connectivity index (χ3n) is 7.00. The Labute approximate surface area is 256 Å². The monoisotopic (exact) mass is 625 g/mol. The van der Waals surface area contributed by atoms with Crippen molar-refractivity contribution < 1.29 is 49.2 Å². The van der Waals surface area contributed by atoms with E-state index in [2.05, 4.69) is 20.9 Å². The number of carboxylic acid groups (broad SMARTS) is 3. The highest BCUT2D eigenvalue weighted by Gasteiger charge is 2.31. The molecule has 0 aliphatic carbocycles. The first-order chi connectivity index (χ1) is 21.3. The maximum absolute atomic E-state index is 13.3. The van der Waals surface area contributed by atoms with Gasteiger partial charge in [-0.05, 0) is 48.6 Å². The Morgan fingerprint density at radius 2 is 1.24 bits per heavy atom. The van der Waals surface area contributed by atoms with E-state index in [-0.39, 0.29) is 25.0 Å². The van der Waals surface area contributed by atoms with Crippen LogP contribution in [0.5, 0.6) is 5.75 Å². The second-order valence-electron chi connectivity index (χ2n) is 10.4. The predicted octanol–water partition coefficient (Wildman–Crippen LogP) is 0.255. The van der Waals surface area contributed by atoms with Crippen molar-refractivity contribution in [2.45, 2.75) is 62.7 Å². The number of aromatic amines is 1. The fraction of sp³-hybridized carbons (Fsp3) is 0.333. The number of carbonyl (C=O) groups excluding carboxylic acids is 3. The molecule has 0 radical (unpaired) electrons. The minimum atomic E-state index is -1.53. The van der Waals surface area contributed by atoms with Crippen molar-refractivity contribution in [1.82, 2.24) is 20.9 Å². The van der Waals surface area contributed by atoms with Gasteiger partial charge in [-0.1, -0.05) is 30.3 Å². The summed E-state index contributed by atoms with van der Waals surface area (Å²) in [4.78, 5) is 76.9. The van der Waals surface area contributed by atoms with Crippen molar-refractivity contribution in [2.24, 2.45) is 5.73 Å². The highest BCUT2D eigenvalue weighted by Crippen LogP contribution is 2.19. The molecule has 2 aromatic carbocycles. The summed E-state index contributed by atoms with van der Waals surface area (Å²) in [6, 6.07) is 7.43. The van der Waals surface area contributed by atoms with E-state index >= 15 is 0 Å². The predicted molar refractivity (Wildman–Crippen MR) is 159 cm³/mol. The van der Waals surface area contributed by atoms with Gasteiger partial charge >= 0.3 is 17.9 Å². The molecule has 1 heterocycles. The Morgan fingerprint density at radius 1 is 0.711 bits per heavy atom. The fourth-order valence-corrected chi connectivity index (χ4v) is 4.60. The molecule has 0 saturated heterocycles. The van der Waals surface area contributed by atoms with E-state index in [0.717, 1.165) is 10.9 Å². The van der Waals surface area contributed by atoms with Gasteiger partial charge in [-0.15, -0.1) is 0 Å². The second-order valence-corrected chi connectivity index (χ2v) is 10.4. The van der Waals surface area contributed by atoms with E-state index in [0.29, 0.717) is 11.1 Å². The first-order valence-corrected chi connectivity index (χ1v) is 14.0. The summed E-state index contributed by atoms with van der Waals surface area (Å²) in [5.41, 5.74) is 7.95. The average molecular weight is 626 g/mol. The van der Waals surface area contributed by atoms with Crippen LogP contribution in [0.3, 0.4) is 0 Å². The number of phenolic OH excluding ortho intramolecular Hbond substituents is 1. The minimum absolute atomic E-state index is 0.0105. The number of aromatic hydroxyl groups is 1. The zero-order chi connectivity index (χ0) is 33.1. The number of fused-ring (bicyclic) bond motifs is 1. The van der Waals surface area contributed by atoms with E-state index in [1.54, 1.807) is 42.6 Å². The Bertz CT molecular complexity index is 1540. The smallest absolute Gasteiger partial charge is 0.326 e. The SMILES string of the molecule is NC(Cc1ccc(O)cc1)C(=O)NC(CCC(=O)O)C(=O)NC(CCC(=O)O)C(=O)NC(Cc1c[nH]c2ccccc12)C(=O)O. The van der Waals surface area contributed by atoms with Gasteiger partial charge in [0, 0.05) is 36.4 Å². The highest BCUT2D eigenvalue weighted by atomic mass is 16.4. The van der Waals surface area contributed by atoms with Crippen LogP contribution in [0.2, 0.25) is 0 Å². The summed E-state index contributed by atoms with van der Waals surface area (Å²) >= 11 is 0. The van der Waals surface area contributed by atoms with Crippen LogP contribution >= 0.6 is 0 Å². The number of para-hydroxylation sites is 1. The lowest BCUT2D eigenvalue weighted by Gasteiger charge is -2.25. The molecule has 45 heavy (non-hydrogen) atoms. The van der Waals surface area contributed by atoms with Crippen LogP contribution in [0.25, 0.3) is 10.9 Å². The molecule has 4 atom stereocenters. The number of aromatic nitrogens is 1. The van der Waals surface area contributed by atoms with Crippen molar-refractivity contribution in [3.05, 3.63) is 65.9 Å². The molecule has 0 aliphatic rings. The van der Waals surface area contributed by atoms with Gasteiger partial charge in [0.2, 0.25) is 17.7 Å². The van der Waals surface area contributed by atoms with E-state index < -0.39 is 79.1 Å². The number of H-pyrrole nitrogens is 1. The quantitative estimate of drug-likeness (QED) is 0.0982. The summed E-state index contributed by atoms with van der Waals surface area (Å²) < 4.78 is 0. The Kier molecular flexibility index (Phi) is 12.0. The van der Waals surface area contributed by atoms with Gasteiger partial charge in [-0.3, -0.25) is 24.0 Å². The standard InChI is InChI=1S/C30H35N5O10/c31-20(13-16-5-7-18(36)8-6-16)27(41)33-22(9-11-25(37)38)28(42)34-23(10-12-26(39)40)29(43)35-24(30(44)45)14-17-15-32-21-4-2-1-3-19(17)21/h1-8,15,20,22-24,32,36H,9-14,31H2,(H,33,41)(H,34,42)(H,35,43)(H,37,38)(H,39,40)(H,44,45). The van der Waals surface area contributed by atoms with Gasteiger partial charge in [0.15, 0.2) is 0 Å². The van der Waals surface area contributed by atoms with Gasteiger partial charge in [-0.25, -0.2) is 4.79 Å². The molecule has 0 fully saturated rings. The van der Waals surface area contributed by atoms with E-state index in [1.807, 2.05) is 0 Å². The van der Waals surface area contributed by atoms with Gasteiger partial charge in [-0.2, -0.15) is 0 Å². The topological polar surface area (TPSA) is 261 Å². The maximum atomic E-state index is 13.3. The Hall–Kier alpha value is -5.44. The second kappa shape index (κ2) is 15.9.